The molecule has 0 spiro atoms. The predicted molar refractivity (Wildman–Crippen MR) is 91.9 cm³/mol. The number of amides is 1. The van der Waals surface area contributed by atoms with Crippen LogP contribution in [-0.2, 0) is 19.6 Å². The minimum Gasteiger partial charge on any atom is -0.379 e. The van der Waals surface area contributed by atoms with Crippen LogP contribution in [0.1, 0.15) is 0 Å². The Labute approximate surface area is 151 Å². The summed E-state index contributed by atoms with van der Waals surface area (Å²) in [5.41, 5.74) is 0. The van der Waals surface area contributed by atoms with E-state index in [9.17, 15) is 13.2 Å². The van der Waals surface area contributed by atoms with Gasteiger partial charge in [-0.3, -0.25) is 9.69 Å². The first-order valence-electron chi connectivity index (χ1n) is 7.40. The number of carbonyl (C=O) groups is 1. The highest BCUT2D eigenvalue weighted by atomic mass is 35.5. The number of carbonyl (C=O) groups excluding carboxylic acids is 1. The van der Waals surface area contributed by atoms with Crippen molar-refractivity contribution in [2.75, 3.05) is 45.9 Å². The minimum absolute atomic E-state index is 0.0435. The van der Waals surface area contributed by atoms with Crippen molar-refractivity contribution in [1.82, 2.24) is 14.9 Å². The quantitative estimate of drug-likeness (QED) is 0.709. The Balaban J connectivity index is 1.76. The number of hydrogen-bond acceptors (Lipinski definition) is 5. The van der Waals surface area contributed by atoms with Crippen LogP contribution in [0.25, 0.3) is 0 Å². The summed E-state index contributed by atoms with van der Waals surface area (Å²) in [6, 6.07) is 3.95. The highest BCUT2D eigenvalue weighted by Gasteiger charge is 2.17. The molecule has 134 valence electrons. The molecule has 1 fully saturated rings. The maximum atomic E-state index is 12.1. The summed E-state index contributed by atoms with van der Waals surface area (Å²) in [5, 5.41) is 3.07. The molecule has 1 aliphatic rings. The number of benzene rings is 1. The smallest absolute Gasteiger partial charge is 0.241 e. The third kappa shape index (κ3) is 5.87. The average molecular weight is 396 g/mol. The molecule has 1 saturated heterocycles. The lowest BCUT2D eigenvalue weighted by atomic mass is 10.4. The normalized spacial score (nSPS) is 16.1. The minimum atomic E-state index is -3.82. The van der Waals surface area contributed by atoms with Gasteiger partial charge >= 0.3 is 0 Å². The number of ether oxygens (including phenoxy) is 1. The lowest BCUT2D eigenvalue weighted by Gasteiger charge is -2.26. The summed E-state index contributed by atoms with van der Waals surface area (Å²) in [4.78, 5) is 13.9. The summed E-state index contributed by atoms with van der Waals surface area (Å²) in [6.45, 7) is 3.86. The molecular weight excluding hydrogens is 377 g/mol. The van der Waals surface area contributed by atoms with E-state index < -0.39 is 15.9 Å². The molecule has 0 atom stereocenters. The van der Waals surface area contributed by atoms with Crippen LogP contribution in [0.5, 0.6) is 0 Å². The molecule has 24 heavy (non-hydrogen) atoms. The van der Waals surface area contributed by atoms with Gasteiger partial charge in [0, 0.05) is 26.2 Å². The molecule has 0 aliphatic carbocycles. The average Bonchev–Trinajstić information content (AvgIpc) is 2.56. The van der Waals surface area contributed by atoms with E-state index in [1.807, 2.05) is 0 Å². The number of morpholine rings is 1. The highest BCUT2D eigenvalue weighted by Crippen LogP contribution is 2.24. The Morgan fingerprint density at radius 1 is 1.21 bits per heavy atom. The molecule has 2 N–H and O–H groups in total. The van der Waals surface area contributed by atoms with Crippen LogP contribution in [0.3, 0.4) is 0 Å². The van der Waals surface area contributed by atoms with Crippen LogP contribution in [0, 0.1) is 0 Å². The van der Waals surface area contributed by atoms with Gasteiger partial charge in [0.2, 0.25) is 15.9 Å². The van der Waals surface area contributed by atoms with Gasteiger partial charge in [0.25, 0.3) is 0 Å². The Kier molecular flexibility index (Phi) is 7.27. The van der Waals surface area contributed by atoms with Gasteiger partial charge in [-0.2, -0.15) is 0 Å². The van der Waals surface area contributed by atoms with Crippen molar-refractivity contribution in [2.45, 2.75) is 4.90 Å². The fourth-order valence-corrected chi connectivity index (χ4v) is 3.50. The first-order valence-corrected chi connectivity index (χ1v) is 9.64. The molecule has 1 aliphatic heterocycles. The van der Waals surface area contributed by atoms with Crippen molar-refractivity contribution in [3.8, 4) is 0 Å². The molecular formula is C14H19Cl2N3O4S. The molecule has 10 heteroatoms. The van der Waals surface area contributed by atoms with Crippen molar-refractivity contribution in [3.63, 3.8) is 0 Å². The van der Waals surface area contributed by atoms with Crippen molar-refractivity contribution in [1.29, 1.82) is 0 Å². The van der Waals surface area contributed by atoms with Crippen LogP contribution in [-0.4, -0.2) is 65.2 Å². The standard InChI is InChI=1S/C14H19Cl2N3O4S/c15-12-2-1-11(9-13(12)16)24(21,22)18-10-14(20)17-3-4-19-5-7-23-8-6-19/h1-2,9,18H,3-8,10H2,(H,17,20). The number of rotatable bonds is 7. The van der Waals surface area contributed by atoms with E-state index >= 15 is 0 Å². The van der Waals surface area contributed by atoms with Gasteiger partial charge in [0.05, 0.1) is 34.7 Å². The summed E-state index contributed by atoms with van der Waals surface area (Å²) in [7, 11) is -3.82. The molecule has 1 heterocycles. The lowest BCUT2D eigenvalue weighted by molar-refractivity contribution is -0.120. The van der Waals surface area contributed by atoms with Crippen molar-refractivity contribution in [2.24, 2.45) is 0 Å². The molecule has 1 aromatic rings. The van der Waals surface area contributed by atoms with Gasteiger partial charge in [-0.15, -0.1) is 0 Å². The lowest BCUT2D eigenvalue weighted by Crippen LogP contribution is -2.43. The SMILES string of the molecule is O=C(CNS(=O)(=O)c1ccc(Cl)c(Cl)c1)NCCN1CCOCC1. The predicted octanol–water partition coefficient (Wildman–Crippen LogP) is 0.720. The Hall–Kier alpha value is -0.900. The Morgan fingerprint density at radius 3 is 2.58 bits per heavy atom. The van der Waals surface area contributed by atoms with E-state index in [0.29, 0.717) is 26.3 Å². The zero-order chi connectivity index (χ0) is 17.6. The largest absolute Gasteiger partial charge is 0.379 e. The van der Waals surface area contributed by atoms with E-state index in [1.54, 1.807) is 0 Å². The molecule has 2 rings (SSSR count). The summed E-state index contributed by atoms with van der Waals surface area (Å²) in [5.74, 6) is -0.396. The summed E-state index contributed by atoms with van der Waals surface area (Å²) >= 11 is 11.6. The van der Waals surface area contributed by atoms with Gasteiger partial charge in [-0.05, 0) is 18.2 Å². The monoisotopic (exact) mass is 395 g/mol. The van der Waals surface area contributed by atoms with Crippen LogP contribution >= 0.6 is 23.2 Å². The summed E-state index contributed by atoms with van der Waals surface area (Å²) in [6.07, 6.45) is 0. The number of nitrogens with one attached hydrogen (secondary N) is 2. The fourth-order valence-electron chi connectivity index (χ4n) is 2.13. The molecule has 1 aromatic carbocycles. The number of sulfonamides is 1. The number of halogens is 2. The number of hydrogen-bond donors (Lipinski definition) is 2. The van der Waals surface area contributed by atoms with Crippen molar-refractivity contribution < 1.29 is 17.9 Å². The second-order valence-electron chi connectivity index (χ2n) is 5.20. The molecule has 0 aromatic heterocycles. The second kappa shape index (κ2) is 8.98. The van der Waals surface area contributed by atoms with Gasteiger partial charge in [-0.25, -0.2) is 13.1 Å². The zero-order valence-electron chi connectivity index (χ0n) is 12.9. The molecule has 0 unspecified atom stereocenters. The topological polar surface area (TPSA) is 87.7 Å². The van der Waals surface area contributed by atoms with Crippen molar-refractivity contribution in [3.05, 3.63) is 28.2 Å². The van der Waals surface area contributed by atoms with E-state index in [0.717, 1.165) is 13.1 Å². The number of nitrogens with zero attached hydrogens (tertiary/aromatic N) is 1. The fraction of sp³-hybridized carbons (Fsp3) is 0.500. The van der Waals surface area contributed by atoms with Gasteiger partial charge < -0.3 is 10.1 Å². The van der Waals surface area contributed by atoms with Crippen LogP contribution in [0.15, 0.2) is 23.1 Å². The molecule has 0 bridgehead atoms. The maximum Gasteiger partial charge on any atom is 0.241 e. The van der Waals surface area contributed by atoms with Gasteiger partial charge in [-0.1, -0.05) is 23.2 Å². The first kappa shape index (κ1) is 19.4. The maximum absolute atomic E-state index is 12.1. The third-order valence-corrected chi connectivity index (χ3v) is 5.62. The van der Waals surface area contributed by atoms with E-state index in [4.69, 9.17) is 27.9 Å². The second-order valence-corrected chi connectivity index (χ2v) is 7.79. The van der Waals surface area contributed by atoms with Crippen LogP contribution in [0.4, 0.5) is 0 Å². The Morgan fingerprint density at radius 2 is 1.92 bits per heavy atom. The highest BCUT2D eigenvalue weighted by molar-refractivity contribution is 7.89. The Bertz CT molecular complexity index is 679. The molecule has 7 nitrogen and oxygen atoms in total. The van der Waals surface area contributed by atoms with E-state index in [-0.39, 0.29) is 21.5 Å². The molecule has 0 radical (unpaired) electrons. The molecule has 0 saturated carbocycles. The van der Waals surface area contributed by atoms with Crippen molar-refractivity contribution >= 4 is 39.1 Å². The first-order chi connectivity index (χ1) is 11.4. The van der Waals surface area contributed by atoms with Gasteiger partial charge in [0.15, 0.2) is 0 Å². The van der Waals surface area contributed by atoms with Crippen LogP contribution in [0.2, 0.25) is 10.0 Å². The zero-order valence-corrected chi connectivity index (χ0v) is 15.3. The van der Waals surface area contributed by atoms with Gasteiger partial charge in [0.1, 0.15) is 0 Å². The molecule has 1 amide bonds. The third-order valence-electron chi connectivity index (χ3n) is 3.48. The van der Waals surface area contributed by atoms with E-state index in [1.165, 1.54) is 18.2 Å². The van der Waals surface area contributed by atoms with Crippen LogP contribution < -0.4 is 10.0 Å². The van der Waals surface area contributed by atoms with E-state index in [2.05, 4.69) is 14.9 Å². The summed E-state index contributed by atoms with van der Waals surface area (Å²) < 4.78 is 31.7.